The number of benzene rings is 1. The predicted octanol–water partition coefficient (Wildman–Crippen LogP) is 2.28. The van der Waals surface area contributed by atoms with Crippen molar-refractivity contribution in [3.8, 4) is 0 Å². The van der Waals surface area contributed by atoms with Gasteiger partial charge in [0.1, 0.15) is 0 Å². The molecule has 1 atom stereocenters. The van der Waals surface area contributed by atoms with Crippen LogP contribution < -0.4 is 5.32 Å². The van der Waals surface area contributed by atoms with Gasteiger partial charge in [-0.3, -0.25) is 4.90 Å². The van der Waals surface area contributed by atoms with Crippen molar-refractivity contribution >= 4 is 17.3 Å². The highest BCUT2D eigenvalue weighted by Crippen LogP contribution is 2.17. The first-order chi connectivity index (χ1) is 10.7. The van der Waals surface area contributed by atoms with Crippen molar-refractivity contribution in [3.63, 3.8) is 0 Å². The first-order valence-electron chi connectivity index (χ1n) is 8.04. The quantitative estimate of drug-likeness (QED) is 0.641. The first-order valence-corrected chi connectivity index (χ1v) is 8.45. The molecule has 0 bridgehead atoms. The van der Waals surface area contributed by atoms with Crippen LogP contribution in [0.3, 0.4) is 0 Å². The Labute approximate surface area is 139 Å². The predicted molar refractivity (Wildman–Crippen MR) is 95.1 cm³/mol. The number of nitrogens with zero attached hydrogens (tertiary/aromatic N) is 2. The van der Waals surface area contributed by atoms with E-state index >= 15 is 0 Å². The standard InChI is InChI=1S/C17H27N3OS/c1-15(16-7-4-3-5-8-16)19(2)17(22)18-9-6-10-20-11-13-21-14-12-20/h3-5,7-8,15H,6,9-14H2,1-2H3,(H,18,22)/t15-/m0/s1. The van der Waals surface area contributed by atoms with E-state index in [1.807, 2.05) is 6.07 Å². The second-order valence-corrected chi connectivity index (χ2v) is 6.12. The molecule has 5 heteroatoms. The summed E-state index contributed by atoms with van der Waals surface area (Å²) in [6.07, 6.45) is 1.10. The molecule has 0 spiro atoms. The molecule has 1 saturated heterocycles. The van der Waals surface area contributed by atoms with Gasteiger partial charge >= 0.3 is 0 Å². The van der Waals surface area contributed by atoms with E-state index in [1.165, 1.54) is 5.56 Å². The van der Waals surface area contributed by atoms with Crippen molar-refractivity contribution < 1.29 is 4.74 Å². The third-order valence-electron chi connectivity index (χ3n) is 4.21. The molecule has 0 aromatic heterocycles. The fourth-order valence-electron chi connectivity index (χ4n) is 2.58. The zero-order chi connectivity index (χ0) is 15.8. The fraction of sp³-hybridized carbons (Fsp3) is 0.588. The second-order valence-electron chi connectivity index (χ2n) is 5.74. The lowest BCUT2D eigenvalue weighted by Crippen LogP contribution is -2.41. The maximum atomic E-state index is 5.50. The Hall–Kier alpha value is -1.17. The second kappa shape index (κ2) is 9.08. The lowest BCUT2D eigenvalue weighted by Gasteiger charge is -2.29. The van der Waals surface area contributed by atoms with Crippen LogP contribution in [-0.2, 0) is 4.74 Å². The molecule has 1 aliphatic heterocycles. The number of rotatable bonds is 6. The molecule has 0 amide bonds. The summed E-state index contributed by atoms with van der Waals surface area (Å²) < 4.78 is 5.36. The van der Waals surface area contributed by atoms with Gasteiger partial charge in [0.15, 0.2) is 5.11 Å². The number of morpholine rings is 1. The minimum absolute atomic E-state index is 0.278. The SMILES string of the molecule is C[C@@H](c1ccccc1)N(C)C(=S)NCCCN1CCOCC1. The number of nitrogens with one attached hydrogen (secondary N) is 1. The molecule has 1 aliphatic rings. The van der Waals surface area contributed by atoms with Crippen LogP contribution in [0.15, 0.2) is 30.3 Å². The van der Waals surface area contributed by atoms with E-state index in [9.17, 15) is 0 Å². The smallest absolute Gasteiger partial charge is 0.169 e. The van der Waals surface area contributed by atoms with E-state index in [1.54, 1.807) is 0 Å². The molecular weight excluding hydrogens is 294 g/mol. The highest BCUT2D eigenvalue weighted by molar-refractivity contribution is 7.80. The Kier molecular flexibility index (Phi) is 7.09. The lowest BCUT2D eigenvalue weighted by atomic mass is 10.1. The zero-order valence-corrected chi connectivity index (χ0v) is 14.4. The van der Waals surface area contributed by atoms with Crippen LogP contribution >= 0.6 is 12.2 Å². The molecule has 1 N–H and O–H groups in total. The number of thiocarbonyl (C=S) groups is 1. The summed E-state index contributed by atoms with van der Waals surface area (Å²) in [7, 11) is 2.05. The monoisotopic (exact) mass is 321 g/mol. The largest absolute Gasteiger partial charge is 0.379 e. The van der Waals surface area contributed by atoms with Crippen molar-refractivity contribution in [1.82, 2.24) is 15.1 Å². The van der Waals surface area contributed by atoms with Gasteiger partial charge in [0.05, 0.1) is 19.3 Å². The van der Waals surface area contributed by atoms with Crippen molar-refractivity contribution in [1.29, 1.82) is 0 Å². The van der Waals surface area contributed by atoms with Gasteiger partial charge in [-0.1, -0.05) is 30.3 Å². The summed E-state index contributed by atoms with van der Waals surface area (Å²) >= 11 is 5.50. The third-order valence-corrected chi connectivity index (χ3v) is 4.65. The number of ether oxygens (including phenoxy) is 1. The van der Waals surface area contributed by atoms with Crippen molar-refractivity contribution in [3.05, 3.63) is 35.9 Å². The van der Waals surface area contributed by atoms with Gasteiger partial charge in [-0.2, -0.15) is 0 Å². The number of hydrogen-bond donors (Lipinski definition) is 1. The fourth-order valence-corrected chi connectivity index (χ4v) is 2.84. The van der Waals surface area contributed by atoms with Crippen LogP contribution in [0.25, 0.3) is 0 Å². The minimum atomic E-state index is 0.278. The van der Waals surface area contributed by atoms with Gasteiger partial charge in [0, 0.05) is 26.7 Å². The van der Waals surface area contributed by atoms with E-state index in [-0.39, 0.29) is 6.04 Å². The van der Waals surface area contributed by atoms with Crippen LogP contribution in [0.4, 0.5) is 0 Å². The van der Waals surface area contributed by atoms with Crippen LogP contribution in [-0.4, -0.2) is 61.4 Å². The molecule has 4 nitrogen and oxygen atoms in total. The summed E-state index contributed by atoms with van der Waals surface area (Å²) in [5.41, 5.74) is 1.28. The Balaban J connectivity index is 1.67. The van der Waals surface area contributed by atoms with E-state index in [2.05, 4.69) is 53.4 Å². The van der Waals surface area contributed by atoms with E-state index < -0.39 is 0 Å². The molecule has 1 heterocycles. The maximum absolute atomic E-state index is 5.50. The van der Waals surface area contributed by atoms with Crippen LogP contribution in [0.1, 0.15) is 24.9 Å². The molecule has 122 valence electrons. The van der Waals surface area contributed by atoms with Gasteiger partial charge in [-0.05, 0) is 37.7 Å². The van der Waals surface area contributed by atoms with Crippen LogP contribution in [0.2, 0.25) is 0 Å². The zero-order valence-electron chi connectivity index (χ0n) is 13.6. The molecule has 1 fully saturated rings. The normalized spacial score (nSPS) is 17.0. The highest BCUT2D eigenvalue weighted by atomic mass is 32.1. The molecule has 1 aromatic carbocycles. The van der Waals surface area contributed by atoms with Gasteiger partial charge in [-0.25, -0.2) is 0 Å². The topological polar surface area (TPSA) is 27.7 Å². The average Bonchev–Trinajstić information content (AvgIpc) is 2.59. The van der Waals surface area contributed by atoms with Crippen molar-refractivity contribution in [2.24, 2.45) is 0 Å². The summed E-state index contributed by atoms with van der Waals surface area (Å²) in [4.78, 5) is 4.57. The van der Waals surface area contributed by atoms with Gasteiger partial charge in [-0.15, -0.1) is 0 Å². The Bertz CT molecular complexity index is 448. The highest BCUT2D eigenvalue weighted by Gasteiger charge is 2.14. The van der Waals surface area contributed by atoms with Crippen molar-refractivity contribution in [2.45, 2.75) is 19.4 Å². The van der Waals surface area contributed by atoms with E-state index in [4.69, 9.17) is 17.0 Å². The molecule has 0 aliphatic carbocycles. The Morgan fingerprint density at radius 2 is 2.00 bits per heavy atom. The molecule has 0 radical (unpaired) electrons. The van der Waals surface area contributed by atoms with Gasteiger partial charge in [0.2, 0.25) is 0 Å². The molecule has 0 unspecified atom stereocenters. The van der Waals surface area contributed by atoms with E-state index in [0.717, 1.165) is 50.9 Å². The van der Waals surface area contributed by atoms with Crippen molar-refractivity contribution in [2.75, 3.05) is 46.4 Å². The Morgan fingerprint density at radius 1 is 1.32 bits per heavy atom. The molecular formula is C17H27N3OS. The van der Waals surface area contributed by atoms with E-state index in [0.29, 0.717) is 0 Å². The molecule has 0 saturated carbocycles. The number of hydrogen-bond acceptors (Lipinski definition) is 3. The summed E-state index contributed by atoms with van der Waals surface area (Å²) in [5.74, 6) is 0. The van der Waals surface area contributed by atoms with Crippen LogP contribution in [0.5, 0.6) is 0 Å². The summed E-state index contributed by atoms with van der Waals surface area (Å²) in [6, 6.07) is 10.7. The minimum Gasteiger partial charge on any atom is -0.379 e. The van der Waals surface area contributed by atoms with Crippen LogP contribution in [0, 0.1) is 0 Å². The molecule has 1 aromatic rings. The summed E-state index contributed by atoms with van der Waals surface area (Å²) in [5, 5.41) is 4.19. The molecule has 22 heavy (non-hydrogen) atoms. The summed E-state index contributed by atoms with van der Waals surface area (Å²) in [6.45, 7) is 8.03. The lowest BCUT2D eigenvalue weighted by molar-refractivity contribution is 0.0376. The molecule has 2 rings (SSSR count). The maximum Gasteiger partial charge on any atom is 0.169 e. The average molecular weight is 321 g/mol. The third kappa shape index (κ3) is 5.23. The first kappa shape index (κ1) is 17.2. The van der Waals surface area contributed by atoms with Gasteiger partial charge < -0.3 is 15.0 Å². The van der Waals surface area contributed by atoms with Gasteiger partial charge in [0.25, 0.3) is 0 Å². The Morgan fingerprint density at radius 3 is 2.68 bits per heavy atom.